The molecule has 0 aromatic carbocycles. The molecule has 0 radical (unpaired) electrons. The molecule has 0 spiro atoms. The number of anilines is 1. The summed E-state index contributed by atoms with van der Waals surface area (Å²) < 4.78 is 0. The first-order valence-electron chi connectivity index (χ1n) is 6.01. The number of nitrogens with zero attached hydrogens (tertiary/aromatic N) is 2. The molecule has 0 atom stereocenters. The van der Waals surface area contributed by atoms with Crippen LogP contribution in [0.3, 0.4) is 0 Å². The summed E-state index contributed by atoms with van der Waals surface area (Å²) in [6.45, 7) is 2.28. The van der Waals surface area contributed by atoms with Crippen LogP contribution in [0.5, 0.6) is 0 Å². The van der Waals surface area contributed by atoms with Gasteiger partial charge in [-0.2, -0.15) is 0 Å². The van der Waals surface area contributed by atoms with Gasteiger partial charge in [0, 0.05) is 6.04 Å². The standard InChI is InChI=1S/C12H18ClN3/c1-2-9-3-5-10(6-4-9)16-12-11(13)7-14-8-15-12/h7-10H,2-6H2,1H3,(H,14,15,16). The molecule has 1 N–H and O–H groups in total. The molecule has 0 unspecified atom stereocenters. The molecule has 1 fully saturated rings. The molecule has 88 valence electrons. The second-order valence-corrected chi connectivity index (χ2v) is 4.90. The number of nitrogens with one attached hydrogen (secondary N) is 1. The summed E-state index contributed by atoms with van der Waals surface area (Å²) in [7, 11) is 0. The molecular formula is C12H18ClN3. The van der Waals surface area contributed by atoms with Crippen molar-refractivity contribution >= 4 is 17.4 Å². The lowest BCUT2D eigenvalue weighted by molar-refractivity contribution is 0.330. The number of halogens is 1. The molecule has 1 aliphatic rings. The Morgan fingerprint density at radius 1 is 1.38 bits per heavy atom. The van der Waals surface area contributed by atoms with Gasteiger partial charge in [0.2, 0.25) is 0 Å². The van der Waals surface area contributed by atoms with Gasteiger partial charge in [0.15, 0.2) is 0 Å². The minimum atomic E-state index is 0.523. The highest BCUT2D eigenvalue weighted by Crippen LogP contribution is 2.29. The third kappa shape index (κ3) is 2.85. The van der Waals surface area contributed by atoms with Gasteiger partial charge in [0.25, 0.3) is 0 Å². The first kappa shape index (κ1) is 11.6. The quantitative estimate of drug-likeness (QED) is 0.877. The molecule has 4 heteroatoms. The average molecular weight is 240 g/mol. The van der Waals surface area contributed by atoms with Crippen LogP contribution < -0.4 is 5.32 Å². The van der Waals surface area contributed by atoms with E-state index in [1.54, 1.807) is 6.20 Å². The monoisotopic (exact) mass is 239 g/mol. The summed E-state index contributed by atoms with van der Waals surface area (Å²) in [5.74, 6) is 1.69. The molecule has 1 aromatic rings. The van der Waals surface area contributed by atoms with Crippen molar-refractivity contribution in [2.75, 3.05) is 5.32 Å². The van der Waals surface area contributed by atoms with Crippen LogP contribution in [-0.4, -0.2) is 16.0 Å². The Morgan fingerprint density at radius 2 is 2.12 bits per heavy atom. The maximum absolute atomic E-state index is 6.01. The Hall–Kier alpha value is -0.830. The summed E-state index contributed by atoms with van der Waals surface area (Å²) in [5.41, 5.74) is 0. The fourth-order valence-corrected chi connectivity index (χ4v) is 2.49. The van der Waals surface area contributed by atoms with E-state index in [1.807, 2.05) is 0 Å². The predicted octanol–water partition coefficient (Wildman–Crippen LogP) is 3.51. The third-order valence-electron chi connectivity index (χ3n) is 3.43. The Morgan fingerprint density at radius 3 is 2.75 bits per heavy atom. The van der Waals surface area contributed by atoms with Gasteiger partial charge in [-0.1, -0.05) is 24.9 Å². The van der Waals surface area contributed by atoms with Crippen molar-refractivity contribution in [2.45, 2.75) is 45.1 Å². The van der Waals surface area contributed by atoms with Crippen LogP contribution >= 0.6 is 11.6 Å². The van der Waals surface area contributed by atoms with Crippen molar-refractivity contribution in [1.82, 2.24) is 9.97 Å². The molecule has 0 saturated heterocycles. The zero-order valence-corrected chi connectivity index (χ0v) is 10.4. The van der Waals surface area contributed by atoms with Crippen molar-refractivity contribution in [1.29, 1.82) is 0 Å². The molecule has 0 aliphatic heterocycles. The van der Waals surface area contributed by atoms with Crippen LogP contribution in [0.2, 0.25) is 5.02 Å². The fraction of sp³-hybridized carbons (Fsp3) is 0.667. The van der Waals surface area contributed by atoms with E-state index in [9.17, 15) is 0 Å². The number of hydrogen-bond acceptors (Lipinski definition) is 3. The lowest BCUT2D eigenvalue weighted by atomic mass is 9.84. The summed E-state index contributed by atoms with van der Waals surface area (Å²) in [5, 5.41) is 4.02. The Labute approximate surface area is 102 Å². The predicted molar refractivity (Wildman–Crippen MR) is 66.7 cm³/mol. The van der Waals surface area contributed by atoms with Gasteiger partial charge in [-0.3, -0.25) is 0 Å². The van der Waals surface area contributed by atoms with E-state index >= 15 is 0 Å². The number of hydrogen-bond donors (Lipinski definition) is 1. The summed E-state index contributed by atoms with van der Waals surface area (Å²) >= 11 is 6.01. The Balaban J connectivity index is 1.89. The van der Waals surface area contributed by atoms with E-state index in [1.165, 1.54) is 38.4 Å². The van der Waals surface area contributed by atoms with E-state index in [0.717, 1.165) is 11.7 Å². The third-order valence-corrected chi connectivity index (χ3v) is 3.71. The molecule has 16 heavy (non-hydrogen) atoms. The van der Waals surface area contributed by atoms with E-state index in [-0.39, 0.29) is 0 Å². The molecule has 3 nitrogen and oxygen atoms in total. The van der Waals surface area contributed by atoms with E-state index in [4.69, 9.17) is 11.6 Å². The zero-order valence-electron chi connectivity index (χ0n) is 9.62. The molecule has 0 bridgehead atoms. The van der Waals surface area contributed by atoms with Crippen LogP contribution in [0.1, 0.15) is 39.0 Å². The average Bonchev–Trinajstić information content (AvgIpc) is 2.33. The normalized spacial score (nSPS) is 25.4. The van der Waals surface area contributed by atoms with Gasteiger partial charge in [-0.25, -0.2) is 9.97 Å². The van der Waals surface area contributed by atoms with Gasteiger partial charge < -0.3 is 5.32 Å². The maximum Gasteiger partial charge on any atom is 0.148 e. The smallest absolute Gasteiger partial charge is 0.148 e. The summed E-state index contributed by atoms with van der Waals surface area (Å²) in [6.07, 6.45) is 9.55. The summed E-state index contributed by atoms with van der Waals surface area (Å²) in [6, 6.07) is 0.523. The van der Waals surface area contributed by atoms with Gasteiger partial charge in [0.05, 0.1) is 6.20 Å². The minimum absolute atomic E-state index is 0.523. The number of rotatable bonds is 3. The molecule has 1 saturated carbocycles. The minimum Gasteiger partial charge on any atom is -0.366 e. The molecule has 1 aliphatic carbocycles. The molecule has 1 aromatic heterocycles. The van der Waals surface area contributed by atoms with Crippen molar-refractivity contribution in [2.24, 2.45) is 5.92 Å². The maximum atomic E-state index is 6.01. The molecular weight excluding hydrogens is 222 g/mol. The lowest BCUT2D eigenvalue weighted by Crippen LogP contribution is -2.26. The van der Waals surface area contributed by atoms with Crippen molar-refractivity contribution in [3.05, 3.63) is 17.5 Å². The van der Waals surface area contributed by atoms with Crippen LogP contribution in [0.25, 0.3) is 0 Å². The zero-order chi connectivity index (χ0) is 11.4. The van der Waals surface area contributed by atoms with Crippen LogP contribution in [0.15, 0.2) is 12.5 Å². The second kappa shape index (κ2) is 5.48. The largest absolute Gasteiger partial charge is 0.366 e. The van der Waals surface area contributed by atoms with E-state index in [2.05, 4.69) is 22.2 Å². The Bertz CT molecular complexity index is 335. The Kier molecular flexibility index (Phi) is 3.99. The molecule has 2 rings (SSSR count). The van der Waals surface area contributed by atoms with E-state index < -0.39 is 0 Å². The molecule has 1 heterocycles. The SMILES string of the molecule is CCC1CCC(Nc2ncncc2Cl)CC1. The van der Waals surface area contributed by atoms with Gasteiger partial charge in [-0.05, 0) is 31.6 Å². The first-order valence-corrected chi connectivity index (χ1v) is 6.39. The highest BCUT2D eigenvalue weighted by molar-refractivity contribution is 6.32. The highest BCUT2D eigenvalue weighted by Gasteiger charge is 2.20. The topological polar surface area (TPSA) is 37.8 Å². The van der Waals surface area contributed by atoms with Crippen molar-refractivity contribution in [3.8, 4) is 0 Å². The highest BCUT2D eigenvalue weighted by atomic mass is 35.5. The van der Waals surface area contributed by atoms with Gasteiger partial charge in [0.1, 0.15) is 17.2 Å². The lowest BCUT2D eigenvalue weighted by Gasteiger charge is -2.28. The first-order chi connectivity index (χ1) is 7.79. The molecule has 0 amide bonds. The van der Waals surface area contributed by atoms with Crippen LogP contribution in [0.4, 0.5) is 5.82 Å². The van der Waals surface area contributed by atoms with Gasteiger partial charge >= 0.3 is 0 Å². The number of aromatic nitrogens is 2. The summed E-state index contributed by atoms with van der Waals surface area (Å²) in [4.78, 5) is 8.04. The van der Waals surface area contributed by atoms with Crippen molar-refractivity contribution in [3.63, 3.8) is 0 Å². The second-order valence-electron chi connectivity index (χ2n) is 4.49. The van der Waals surface area contributed by atoms with Gasteiger partial charge in [-0.15, -0.1) is 0 Å². The van der Waals surface area contributed by atoms with Crippen LogP contribution in [-0.2, 0) is 0 Å². The van der Waals surface area contributed by atoms with Crippen LogP contribution in [0, 0.1) is 5.92 Å². The van der Waals surface area contributed by atoms with E-state index in [0.29, 0.717) is 11.1 Å². The van der Waals surface area contributed by atoms with Crippen molar-refractivity contribution < 1.29 is 0 Å². The fourth-order valence-electron chi connectivity index (χ4n) is 2.33.